The van der Waals surface area contributed by atoms with Crippen LogP contribution in [0.25, 0.3) is 0 Å². The van der Waals surface area contributed by atoms with Crippen LogP contribution in [0.3, 0.4) is 0 Å². The highest BCUT2D eigenvalue weighted by Gasteiger charge is 2.34. The molecule has 0 bridgehead atoms. The largest absolute Gasteiger partial charge is 0.497 e. The summed E-state index contributed by atoms with van der Waals surface area (Å²) in [7, 11) is 1.63. The van der Waals surface area contributed by atoms with Gasteiger partial charge in [-0.3, -0.25) is 14.5 Å². The van der Waals surface area contributed by atoms with Crippen LogP contribution in [-0.4, -0.2) is 24.7 Å². The van der Waals surface area contributed by atoms with Crippen molar-refractivity contribution in [1.82, 2.24) is 0 Å². The third-order valence-electron chi connectivity index (χ3n) is 5.66. The zero-order chi connectivity index (χ0) is 20.2. The van der Waals surface area contributed by atoms with Crippen molar-refractivity contribution in [2.45, 2.75) is 37.5 Å². The van der Waals surface area contributed by atoms with Gasteiger partial charge in [-0.2, -0.15) is 0 Å². The molecule has 2 fully saturated rings. The van der Waals surface area contributed by atoms with Gasteiger partial charge in [-0.15, -0.1) is 11.8 Å². The van der Waals surface area contributed by atoms with Crippen molar-refractivity contribution in [1.29, 1.82) is 0 Å². The number of hydrogen-bond donors (Lipinski definition) is 1. The second-order valence-electron chi connectivity index (χ2n) is 7.57. The summed E-state index contributed by atoms with van der Waals surface area (Å²) in [6.45, 7) is 0. The van der Waals surface area contributed by atoms with Gasteiger partial charge >= 0.3 is 0 Å². The lowest BCUT2D eigenvalue weighted by molar-refractivity contribution is -0.120. The van der Waals surface area contributed by atoms with Crippen LogP contribution in [0, 0.1) is 5.92 Å². The first-order valence-corrected chi connectivity index (χ1v) is 11.2. The minimum atomic E-state index is -0.0704. The summed E-state index contributed by atoms with van der Waals surface area (Å²) in [4.78, 5) is 26.8. The number of carbonyl (C=O) groups is 2. The van der Waals surface area contributed by atoms with Crippen molar-refractivity contribution in [3.63, 3.8) is 0 Å². The molecule has 2 aromatic carbocycles. The second kappa shape index (κ2) is 8.91. The second-order valence-corrected chi connectivity index (χ2v) is 8.64. The van der Waals surface area contributed by atoms with Crippen molar-refractivity contribution in [2.24, 2.45) is 5.92 Å². The average Bonchev–Trinajstić information content (AvgIpc) is 3.16. The minimum absolute atomic E-state index is 0.0704. The number of carbonyl (C=O) groups excluding carboxylic acids is 2. The normalized spacial score (nSPS) is 20.0. The van der Waals surface area contributed by atoms with Gasteiger partial charge in [0.15, 0.2) is 0 Å². The summed E-state index contributed by atoms with van der Waals surface area (Å²) >= 11 is 1.62. The van der Waals surface area contributed by atoms with E-state index < -0.39 is 0 Å². The average molecular weight is 411 g/mol. The van der Waals surface area contributed by atoms with Crippen LogP contribution in [0.1, 0.15) is 43.0 Å². The maximum Gasteiger partial charge on any atom is 0.238 e. The van der Waals surface area contributed by atoms with Gasteiger partial charge < -0.3 is 10.1 Å². The molecule has 2 aliphatic rings. The number of thioether (sulfide) groups is 1. The zero-order valence-electron chi connectivity index (χ0n) is 16.6. The van der Waals surface area contributed by atoms with Crippen LogP contribution in [0.5, 0.6) is 5.75 Å². The molecule has 2 amide bonds. The Morgan fingerprint density at radius 2 is 1.72 bits per heavy atom. The van der Waals surface area contributed by atoms with Gasteiger partial charge in [0.25, 0.3) is 0 Å². The van der Waals surface area contributed by atoms with Gasteiger partial charge in [0.2, 0.25) is 11.8 Å². The van der Waals surface area contributed by atoms with Crippen LogP contribution >= 0.6 is 11.8 Å². The van der Waals surface area contributed by atoms with Crippen molar-refractivity contribution in [2.75, 3.05) is 23.1 Å². The monoisotopic (exact) mass is 410 g/mol. The van der Waals surface area contributed by atoms with E-state index in [4.69, 9.17) is 4.74 Å². The molecule has 152 valence electrons. The molecule has 1 saturated heterocycles. The lowest BCUT2D eigenvalue weighted by Crippen LogP contribution is -2.27. The van der Waals surface area contributed by atoms with Gasteiger partial charge in [-0.1, -0.05) is 31.4 Å². The van der Waals surface area contributed by atoms with Crippen molar-refractivity contribution in [3.8, 4) is 5.75 Å². The van der Waals surface area contributed by atoms with Crippen LogP contribution in [0.2, 0.25) is 0 Å². The fraction of sp³-hybridized carbons (Fsp3) is 0.391. The van der Waals surface area contributed by atoms with Crippen LogP contribution in [-0.2, 0) is 9.59 Å². The summed E-state index contributed by atoms with van der Waals surface area (Å²) in [6, 6.07) is 15.4. The van der Waals surface area contributed by atoms with Crippen LogP contribution in [0.4, 0.5) is 11.4 Å². The molecule has 1 heterocycles. The molecule has 2 aromatic rings. The minimum Gasteiger partial charge on any atom is -0.497 e. The maximum absolute atomic E-state index is 12.5. The summed E-state index contributed by atoms with van der Waals surface area (Å²) in [5.41, 5.74) is 2.72. The number of methoxy groups -OCH3 is 1. The molecule has 1 saturated carbocycles. The van der Waals surface area contributed by atoms with Crippen molar-refractivity contribution < 1.29 is 14.3 Å². The Kier molecular flexibility index (Phi) is 6.09. The van der Waals surface area contributed by atoms with E-state index in [0.717, 1.165) is 48.4 Å². The Labute approximate surface area is 175 Å². The van der Waals surface area contributed by atoms with E-state index in [0.29, 0.717) is 5.75 Å². The molecule has 1 unspecified atom stereocenters. The Morgan fingerprint density at radius 1 is 1.03 bits per heavy atom. The van der Waals surface area contributed by atoms with Gasteiger partial charge in [0, 0.05) is 17.3 Å². The Bertz CT molecular complexity index is 861. The molecule has 6 heteroatoms. The van der Waals surface area contributed by atoms with Crippen LogP contribution < -0.4 is 15.0 Å². The maximum atomic E-state index is 12.5. The van der Waals surface area contributed by atoms with E-state index >= 15 is 0 Å². The topological polar surface area (TPSA) is 58.6 Å². The highest BCUT2D eigenvalue weighted by molar-refractivity contribution is 8.00. The number of rotatable bonds is 5. The number of amides is 2. The van der Waals surface area contributed by atoms with Gasteiger partial charge in [-0.05, 0) is 54.8 Å². The van der Waals surface area contributed by atoms with E-state index in [1.807, 2.05) is 53.4 Å². The fourth-order valence-corrected chi connectivity index (χ4v) is 5.21. The first kappa shape index (κ1) is 19.8. The molecular formula is C23H26N2O3S. The van der Waals surface area contributed by atoms with Gasteiger partial charge in [0.05, 0.1) is 12.9 Å². The van der Waals surface area contributed by atoms with E-state index in [9.17, 15) is 9.59 Å². The number of ether oxygens (including phenoxy) is 1. The highest BCUT2D eigenvalue weighted by Crippen LogP contribution is 2.42. The number of benzene rings is 2. The summed E-state index contributed by atoms with van der Waals surface area (Å²) in [5.74, 6) is 1.58. The first-order valence-electron chi connectivity index (χ1n) is 10.1. The Balaban J connectivity index is 1.46. The molecule has 1 aliphatic carbocycles. The predicted octanol–water partition coefficient (Wildman–Crippen LogP) is 4.99. The quantitative estimate of drug-likeness (QED) is 0.754. The number of nitrogens with one attached hydrogen (secondary N) is 1. The molecule has 1 N–H and O–H groups in total. The highest BCUT2D eigenvalue weighted by atomic mass is 32.2. The van der Waals surface area contributed by atoms with E-state index in [1.165, 1.54) is 6.42 Å². The number of hydrogen-bond acceptors (Lipinski definition) is 4. The van der Waals surface area contributed by atoms with Gasteiger partial charge in [-0.25, -0.2) is 0 Å². The van der Waals surface area contributed by atoms with E-state index in [1.54, 1.807) is 18.9 Å². The van der Waals surface area contributed by atoms with Crippen molar-refractivity contribution >= 4 is 35.0 Å². The van der Waals surface area contributed by atoms with E-state index in [2.05, 4.69) is 5.32 Å². The molecule has 4 rings (SSSR count). The molecule has 0 spiro atoms. The van der Waals surface area contributed by atoms with E-state index in [-0.39, 0.29) is 23.1 Å². The Hall–Kier alpha value is -2.47. The third kappa shape index (κ3) is 4.42. The fourth-order valence-electron chi connectivity index (χ4n) is 4.03. The molecule has 1 aliphatic heterocycles. The number of nitrogens with zero attached hydrogens (tertiary/aromatic N) is 1. The lowest BCUT2D eigenvalue weighted by Gasteiger charge is -2.25. The summed E-state index contributed by atoms with van der Waals surface area (Å²) in [6.07, 6.45) is 5.50. The van der Waals surface area contributed by atoms with Gasteiger partial charge in [0.1, 0.15) is 11.1 Å². The lowest BCUT2D eigenvalue weighted by atomic mass is 9.88. The molecule has 1 atom stereocenters. The molecular weight excluding hydrogens is 384 g/mol. The smallest absolute Gasteiger partial charge is 0.238 e. The predicted molar refractivity (Wildman–Crippen MR) is 117 cm³/mol. The Morgan fingerprint density at radius 3 is 2.38 bits per heavy atom. The summed E-state index contributed by atoms with van der Waals surface area (Å²) in [5, 5.41) is 2.98. The molecule has 5 nitrogen and oxygen atoms in total. The molecule has 0 radical (unpaired) electrons. The third-order valence-corrected chi connectivity index (χ3v) is 6.87. The SMILES string of the molecule is COc1ccc(N2C(=O)CSC2c2ccc(NC(=O)C3CCCCC3)cc2)cc1. The standard InChI is InChI=1S/C23H26N2O3S/c1-28-20-13-11-19(12-14-20)25-21(26)15-29-23(25)17-7-9-18(10-8-17)24-22(27)16-5-3-2-4-6-16/h7-14,16,23H,2-6,15H2,1H3,(H,24,27). The van der Waals surface area contributed by atoms with Crippen molar-refractivity contribution in [3.05, 3.63) is 54.1 Å². The molecule has 29 heavy (non-hydrogen) atoms. The number of anilines is 2. The first-order chi connectivity index (χ1) is 14.2. The summed E-state index contributed by atoms with van der Waals surface area (Å²) < 4.78 is 5.22. The molecule has 0 aromatic heterocycles. The zero-order valence-corrected chi connectivity index (χ0v) is 17.4. The van der Waals surface area contributed by atoms with Crippen LogP contribution in [0.15, 0.2) is 48.5 Å².